The molecule has 3 atom stereocenters. The number of Topliss-reactive ketones (excluding diaryl/α,β-unsaturated/α-hetero) is 1. The number of allylic oxidation sites excluding steroid dienone is 1. The first-order chi connectivity index (χ1) is 12.1. The molecule has 0 fully saturated rings. The normalized spacial score (nSPS) is 19.9. The van der Waals surface area contributed by atoms with Gasteiger partial charge in [-0.25, -0.2) is 0 Å². The van der Waals surface area contributed by atoms with Gasteiger partial charge in [0.15, 0.2) is 18.4 Å². The lowest BCUT2D eigenvalue weighted by Gasteiger charge is -2.16. The summed E-state index contributed by atoms with van der Waals surface area (Å²) in [5.74, 6) is 0.229. The molecule has 5 nitrogen and oxygen atoms in total. The maximum atomic E-state index is 12.0. The van der Waals surface area contributed by atoms with E-state index in [-0.39, 0.29) is 24.5 Å². The van der Waals surface area contributed by atoms with Gasteiger partial charge in [-0.2, -0.15) is 0 Å². The summed E-state index contributed by atoms with van der Waals surface area (Å²) < 4.78 is 22.0. The molecule has 146 valence electrons. The molecule has 0 saturated heterocycles. The van der Waals surface area contributed by atoms with Crippen LogP contribution >= 0.6 is 0 Å². The lowest BCUT2D eigenvalue weighted by atomic mass is 10.0. The molecule has 0 bridgehead atoms. The summed E-state index contributed by atoms with van der Waals surface area (Å²) >= 11 is 0. The average Bonchev–Trinajstić information content (AvgIpc) is 2.89. The molecular formula is C20H36O5. The van der Waals surface area contributed by atoms with Crippen LogP contribution in [0.4, 0.5) is 0 Å². The lowest BCUT2D eigenvalue weighted by Crippen LogP contribution is -2.20. The van der Waals surface area contributed by atoms with Gasteiger partial charge in [0.25, 0.3) is 0 Å². The summed E-state index contributed by atoms with van der Waals surface area (Å²) in [7, 11) is 0. The van der Waals surface area contributed by atoms with E-state index in [9.17, 15) is 4.79 Å². The summed E-state index contributed by atoms with van der Waals surface area (Å²) in [5.41, 5.74) is 0.933. The maximum absolute atomic E-state index is 12.0. The molecule has 2 unspecified atom stereocenters. The molecule has 1 aliphatic carbocycles. The van der Waals surface area contributed by atoms with Gasteiger partial charge in [-0.05, 0) is 58.6 Å². The Balaban J connectivity index is 2.06. The van der Waals surface area contributed by atoms with E-state index >= 15 is 0 Å². The van der Waals surface area contributed by atoms with Crippen molar-refractivity contribution in [1.82, 2.24) is 0 Å². The summed E-state index contributed by atoms with van der Waals surface area (Å²) in [5, 5.41) is 0. The highest BCUT2D eigenvalue weighted by molar-refractivity contribution is 5.98. The Labute approximate surface area is 153 Å². The zero-order chi connectivity index (χ0) is 18.5. The largest absolute Gasteiger partial charge is 0.353 e. The van der Waals surface area contributed by atoms with Crippen LogP contribution in [0, 0.1) is 0 Å². The topological polar surface area (TPSA) is 54.0 Å². The van der Waals surface area contributed by atoms with E-state index in [1.165, 1.54) is 6.42 Å². The van der Waals surface area contributed by atoms with Gasteiger partial charge >= 0.3 is 0 Å². The highest BCUT2D eigenvalue weighted by Gasteiger charge is 2.25. The van der Waals surface area contributed by atoms with E-state index in [4.69, 9.17) is 18.9 Å². The second kappa shape index (κ2) is 13.5. The molecule has 0 heterocycles. The SMILES string of the molecule is CCOC(C)OCCCCCCCC1=C[C@H](OC(C)OCC)CC1=O. The fourth-order valence-corrected chi connectivity index (χ4v) is 3.00. The minimum Gasteiger partial charge on any atom is -0.353 e. The predicted molar refractivity (Wildman–Crippen MR) is 98.4 cm³/mol. The van der Waals surface area contributed by atoms with E-state index in [0.29, 0.717) is 19.6 Å². The third-order valence-electron chi connectivity index (χ3n) is 4.24. The van der Waals surface area contributed by atoms with E-state index in [1.807, 2.05) is 33.8 Å². The highest BCUT2D eigenvalue weighted by atomic mass is 16.7. The van der Waals surface area contributed by atoms with Crippen LogP contribution in [-0.4, -0.2) is 44.3 Å². The quantitative estimate of drug-likeness (QED) is 0.322. The van der Waals surface area contributed by atoms with Gasteiger partial charge < -0.3 is 18.9 Å². The van der Waals surface area contributed by atoms with Crippen molar-refractivity contribution in [2.45, 2.75) is 91.3 Å². The number of rotatable bonds is 15. The van der Waals surface area contributed by atoms with Crippen molar-refractivity contribution < 1.29 is 23.7 Å². The summed E-state index contributed by atoms with van der Waals surface area (Å²) in [6.07, 6.45) is 8.42. The Morgan fingerprint density at radius 3 is 2.32 bits per heavy atom. The van der Waals surface area contributed by atoms with Gasteiger partial charge in [-0.15, -0.1) is 0 Å². The first-order valence-corrected chi connectivity index (χ1v) is 9.80. The molecule has 5 heteroatoms. The lowest BCUT2D eigenvalue weighted by molar-refractivity contribution is -0.147. The number of ketones is 1. The zero-order valence-corrected chi connectivity index (χ0v) is 16.4. The molecule has 0 amide bonds. The van der Waals surface area contributed by atoms with Crippen molar-refractivity contribution in [3.63, 3.8) is 0 Å². The van der Waals surface area contributed by atoms with Crippen molar-refractivity contribution >= 4 is 5.78 Å². The molecule has 0 aromatic rings. The summed E-state index contributed by atoms with van der Waals surface area (Å²) in [6, 6.07) is 0. The van der Waals surface area contributed by atoms with Crippen molar-refractivity contribution in [2.75, 3.05) is 19.8 Å². The van der Waals surface area contributed by atoms with Crippen molar-refractivity contribution in [1.29, 1.82) is 0 Å². The summed E-state index contributed by atoms with van der Waals surface area (Å²) in [6.45, 7) is 9.77. The van der Waals surface area contributed by atoms with Gasteiger partial charge in [-0.1, -0.05) is 19.3 Å². The third kappa shape index (κ3) is 10.1. The standard InChI is InChI=1S/C20H36O5/c1-5-22-16(3)24-13-11-9-7-8-10-12-18-14-19(15-20(18)21)25-17(4)23-6-2/h14,16-17,19H,5-13,15H2,1-4H3/t16?,17?,19-/m0/s1. The fraction of sp³-hybridized carbons (Fsp3) is 0.850. The number of hydrogen-bond acceptors (Lipinski definition) is 5. The second-order valence-electron chi connectivity index (χ2n) is 6.43. The number of carbonyl (C=O) groups excluding carboxylic acids is 1. The number of carbonyl (C=O) groups is 1. The minimum absolute atomic E-state index is 0.106. The Morgan fingerprint density at radius 1 is 0.960 bits per heavy atom. The second-order valence-corrected chi connectivity index (χ2v) is 6.43. The molecule has 0 aromatic carbocycles. The van der Waals surface area contributed by atoms with E-state index in [2.05, 4.69) is 0 Å². The first-order valence-electron chi connectivity index (χ1n) is 9.80. The molecule has 1 aliphatic rings. The van der Waals surface area contributed by atoms with Crippen molar-refractivity contribution in [3.8, 4) is 0 Å². The van der Waals surface area contributed by atoms with Crippen LogP contribution in [0.25, 0.3) is 0 Å². The molecule has 0 saturated carbocycles. The van der Waals surface area contributed by atoms with Gasteiger partial charge in [0.1, 0.15) is 0 Å². The Morgan fingerprint density at radius 2 is 1.60 bits per heavy atom. The Hall–Kier alpha value is -0.750. The van der Waals surface area contributed by atoms with Crippen LogP contribution in [0.1, 0.15) is 72.6 Å². The number of hydrogen-bond donors (Lipinski definition) is 0. The van der Waals surface area contributed by atoms with E-state index in [0.717, 1.165) is 44.3 Å². The van der Waals surface area contributed by atoms with Crippen molar-refractivity contribution in [2.24, 2.45) is 0 Å². The summed E-state index contributed by atoms with van der Waals surface area (Å²) in [4.78, 5) is 12.0. The van der Waals surface area contributed by atoms with Crippen LogP contribution in [0.3, 0.4) is 0 Å². The molecule has 1 rings (SSSR count). The zero-order valence-electron chi connectivity index (χ0n) is 16.4. The third-order valence-corrected chi connectivity index (χ3v) is 4.24. The number of ether oxygens (including phenoxy) is 4. The molecular weight excluding hydrogens is 320 g/mol. The van der Waals surface area contributed by atoms with Crippen LogP contribution in [0.2, 0.25) is 0 Å². The predicted octanol–water partition coefficient (Wildman–Crippen LogP) is 4.39. The van der Waals surface area contributed by atoms with E-state index in [1.54, 1.807) is 0 Å². The Kier molecular flexibility index (Phi) is 12.0. The smallest absolute Gasteiger partial charge is 0.161 e. The monoisotopic (exact) mass is 356 g/mol. The van der Waals surface area contributed by atoms with Gasteiger partial charge in [0, 0.05) is 26.2 Å². The van der Waals surface area contributed by atoms with Crippen LogP contribution in [0.5, 0.6) is 0 Å². The highest BCUT2D eigenvalue weighted by Crippen LogP contribution is 2.23. The van der Waals surface area contributed by atoms with Crippen LogP contribution in [-0.2, 0) is 23.7 Å². The fourth-order valence-electron chi connectivity index (χ4n) is 3.00. The Bertz CT molecular complexity index is 394. The molecule has 0 radical (unpaired) electrons. The van der Waals surface area contributed by atoms with Gasteiger partial charge in [0.05, 0.1) is 6.10 Å². The molecule has 25 heavy (non-hydrogen) atoms. The van der Waals surface area contributed by atoms with Crippen LogP contribution < -0.4 is 0 Å². The van der Waals surface area contributed by atoms with Gasteiger partial charge in [-0.3, -0.25) is 4.79 Å². The average molecular weight is 357 g/mol. The van der Waals surface area contributed by atoms with Crippen molar-refractivity contribution in [3.05, 3.63) is 11.6 Å². The molecule has 0 aromatic heterocycles. The minimum atomic E-state index is -0.258. The molecule has 0 aliphatic heterocycles. The number of unbranched alkanes of at least 4 members (excludes halogenated alkanes) is 4. The molecule has 0 N–H and O–H groups in total. The first kappa shape index (κ1) is 22.3. The van der Waals surface area contributed by atoms with Crippen LogP contribution in [0.15, 0.2) is 11.6 Å². The van der Waals surface area contributed by atoms with Gasteiger partial charge in [0.2, 0.25) is 0 Å². The van der Waals surface area contributed by atoms with E-state index < -0.39 is 0 Å². The maximum Gasteiger partial charge on any atom is 0.161 e. The molecule has 0 spiro atoms.